The second-order valence-electron chi connectivity index (χ2n) is 5.11. The highest BCUT2D eigenvalue weighted by molar-refractivity contribution is 9.10. The number of rotatable bonds is 4. The molecule has 1 amide bonds. The maximum atomic E-state index is 12.1. The molecule has 0 heterocycles. The topological polar surface area (TPSA) is 50.4 Å². The van der Waals surface area contributed by atoms with Gasteiger partial charge in [-0.2, -0.15) is 0 Å². The zero-order valence-corrected chi connectivity index (χ0v) is 15.2. The normalized spacial score (nSPS) is 10.3. The van der Waals surface area contributed by atoms with Crippen molar-refractivity contribution < 1.29 is 9.53 Å². The zero-order chi connectivity index (χ0) is 16.8. The lowest BCUT2D eigenvalue weighted by molar-refractivity contribution is 0.0977. The van der Waals surface area contributed by atoms with Gasteiger partial charge in [-0.25, -0.2) is 0 Å². The number of hydrogen-bond acceptors (Lipinski definition) is 3. The Balaban J connectivity index is 1.91. The molecule has 2 aromatic rings. The van der Waals surface area contributed by atoms with Crippen molar-refractivity contribution in [3.63, 3.8) is 0 Å². The molecule has 0 bridgehead atoms. The molecule has 0 aliphatic carbocycles. The lowest BCUT2D eigenvalue weighted by Crippen LogP contribution is -2.34. The first-order valence-corrected chi connectivity index (χ1v) is 8.29. The van der Waals surface area contributed by atoms with Crippen molar-refractivity contribution in [2.45, 2.75) is 20.0 Å². The number of halogens is 1. The van der Waals surface area contributed by atoms with Gasteiger partial charge in [-0.3, -0.25) is 10.1 Å². The molecule has 0 aromatic heterocycles. The van der Waals surface area contributed by atoms with Crippen LogP contribution in [0.3, 0.4) is 0 Å². The molecule has 2 N–H and O–H groups in total. The highest BCUT2D eigenvalue weighted by Crippen LogP contribution is 2.17. The van der Waals surface area contributed by atoms with Gasteiger partial charge in [-0.1, -0.05) is 15.9 Å². The number of anilines is 1. The van der Waals surface area contributed by atoms with Crippen molar-refractivity contribution >= 4 is 44.9 Å². The molecule has 0 saturated carbocycles. The van der Waals surface area contributed by atoms with Crippen molar-refractivity contribution in [2.75, 3.05) is 5.32 Å². The summed E-state index contributed by atoms with van der Waals surface area (Å²) in [5, 5.41) is 5.86. The average Bonchev–Trinajstić information content (AvgIpc) is 2.49. The van der Waals surface area contributed by atoms with Crippen LogP contribution in [0.5, 0.6) is 5.75 Å². The van der Waals surface area contributed by atoms with E-state index in [4.69, 9.17) is 17.0 Å². The van der Waals surface area contributed by atoms with Crippen LogP contribution in [0.1, 0.15) is 24.2 Å². The molecule has 120 valence electrons. The van der Waals surface area contributed by atoms with Gasteiger partial charge in [0.25, 0.3) is 5.91 Å². The SMILES string of the molecule is CC(C)Oc1ccc(NC(=S)NC(=O)c2ccc(Br)cc2)cc1. The van der Waals surface area contributed by atoms with Gasteiger partial charge in [0.1, 0.15) is 5.75 Å². The predicted molar refractivity (Wildman–Crippen MR) is 100 cm³/mol. The summed E-state index contributed by atoms with van der Waals surface area (Å²) >= 11 is 8.49. The van der Waals surface area contributed by atoms with Crippen LogP contribution in [0.2, 0.25) is 0 Å². The molecule has 6 heteroatoms. The minimum Gasteiger partial charge on any atom is -0.491 e. The minimum atomic E-state index is -0.255. The highest BCUT2D eigenvalue weighted by Gasteiger charge is 2.08. The minimum absolute atomic E-state index is 0.125. The third-order valence-corrected chi connectivity index (χ3v) is 3.55. The van der Waals surface area contributed by atoms with Crippen LogP contribution in [0, 0.1) is 0 Å². The second kappa shape index (κ2) is 8.08. The van der Waals surface area contributed by atoms with Crippen LogP contribution in [-0.2, 0) is 0 Å². The quantitative estimate of drug-likeness (QED) is 0.758. The van der Waals surface area contributed by atoms with Gasteiger partial charge in [0.05, 0.1) is 6.10 Å². The Kier molecular flexibility index (Phi) is 6.12. The first kappa shape index (κ1) is 17.4. The van der Waals surface area contributed by atoms with Gasteiger partial charge in [-0.15, -0.1) is 0 Å². The van der Waals surface area contributed by atoms with Crippen molar-refractivity contribution in [2.24, 2.45) is 0 Å². The van der Waals surface area contributed by atoms with E-state index in [1.807, 2.05) is 38.1 Å². The monoisotopic (exact) mass is 392 g/mol. The maximum absolute atomic E-state index is 12.1. The first-order valence-electron chi connectivity index (χ1n) is 7.08. The fourth-order valence-electron chi connectivity index (χ4n) is 1.83. The van der Waals surface area contributed by atoms with E-state index >= 15 is 0 Å². The Morgan fingerprint density at radius 1 is 1.09 bits per heavy atom. The van der Waals surface area contributed by atoms with E-state index in [1.165, 1.54) is 0 Å². The molecule has 0 fully saturated rings. The smallest absolute Gasteiger partial charge is 0.257 e. The van der Waals surface area contributed by atoms with Crippen LogP contribution in [-0.4, -0.2) is 17.1 Å². The van der Waals surface area contributed by atoms with Crippen LogP contribution in [0.25, 0.3) is 0 Å². The predicted octanol–water partition coefficient (Wildman–Crippen LogP) is 4.36. The molecule has 23 heavy (non-hydrogen) atoms. The van der Waals surface area contributed by atoms with E-state index in [-0.39, 0.29) is 17.1 Å². The third kappa shape index (κ3) is 5.65. The summed E-state index contributed by atoms with van der Waals surface area (Å²) in [4.78, 5) is 12.1. The standard InChI is InChI=1S/C17H17BrN2O2S/c1-11(2)22-15-9-7-14(8-10-15)19-17(23)20-16(21)12-3-5-13(18)6-4-12/h3-11H,1-2H3,(H2,19,20,21,23). The Morgan fingerprint density at radius 3 is 2.26 bits per heavy atom. The third-order valence-electron chi connectivity index (χ3n) is 2.82. The van der Waals surface area contributed by atoms with Crippen molar-refractivity contribution in [3.8, 4) is 5.75 Å². The van der Waals surface area contributed by atoms with Gasteiger partial charge < -0.3 is 10.1 Å². The summed E-state index contributed by atoms with van der Waals surface area (Å²) in [5.41, 5.74) is 1.32. The number of amides is 1. The second-order valence-corrected chi connectivity index (χ2v) is 6.43. The number of hydrogen-bond donors (Lipinski definition) is 2. The largest absolute Gasteiger partial charge is 0.491 e. The average molecular weight is 393 g/mol. The summed E-state index contributed by atoms with van der Waals surface area (Å²) in [6.07, 6.45) is 0.125. The van der Waals surface area contributed by atoms with Crippen LogP contribution in [0.4, 0.5) is 5.69 Å². The van der Waals surface area contributed by atoms with Crippen molar-refractivity contribution in [1.29, 1.82) is 0 Å². The van der Waals surface area contributed by atoms with E-state index in [2.05, 4.69) is 26.6 Å². The Hall–Kier alpha value is -1.92. The van der Waals surface area contributed by atoms with Crippen molar-refractivity contribution in [3.05, 3.63) is 58.6 Å². The summed E-state index contributed by atoms with van der Waals surface area (Å²) in [6, 6.07) is 14.4. The molecule has 2 aromatic carbocycles. The molecule has 0 aliphatic heterocycles. The van der Waals surface area contributed by atoms with Crippen LogP contribution in [0.15, 0.2) is 53.0 Å². The molecule has 0 saturated heterocycles. The molecule has 0 atom stereocenters. The lowest BCUT2D eigenvalue weighted by Gasteiger charge is -2.12. The number of carbonyl (C=O) groups excluding carboxylic acids is 1. The maximum Gasteiger partial charge on any atom is 0.257 e. The van der Waals surface area contributed by atoms with Crippen LogP contribution >= 0.6 is 28.1 Å². The van der Waals surface area contributed by atoms with Gasteiger partial charge in [0, 0.05) is 15.7 Å². The molecular formula is C17H17BrN2O2S. The van der Waals surface area contributed by atoms with Gasteiger partial charge in [0.2, 0.25) is 0 Å². The fraction of sp³-hybridized carbons (Fsp3) is 0.176. The Labute approximate surface area is 149 Å². The summed E-state index contributed by atoms with van der Waals surface area (Å²) < 4.78 is 6.49. The summed E-state index contributed by atoms with van der Waals surface area (Å²) in [5.74, 6) is 0.533. The molecule has 0 radical (unpaired) electrons. The van der Waals surface area contributed by atoms with Crippen LogP contribution < -0.4 is 15.4 Å². The Bertz CT molecular complexity index is 685. The van der Waals surface area contributed by atoms with Crippen molar-refractivity contribution in [1.82, 2.24) is 5.32 Å². The number of thiocarbonyl (C=S) groups is 1. The summed E-state index contributed by atoms with van der Waals surface area (Å²) in [7, 11) is 0. The number of benzene rings is 2. The van der Waals surface area contributed by atoms with Gasteiger partial charge in [0.15, 0.2) is 5.11 Å². The number of ether oxygens (including phenoxy) is 1. The van der Waals surface area contributed by atoms with E-state index in [9.17, 15) is 4.79 Å². The lowest BCUT2D eigenvalue weighted by atomic mass is 10.2. The molecular weight excluding hydrogens is 376 g/mol. The molecule has 0 spiro atoms. The van der Waals surface area contributed by atoms with E-state index in [0.717, 1.165) is 15.9 Å². The van der Waals surface area contributed by atoms with E-state index in [0.29, 0.717) is 5.56 Å². The molecule has 0 unspecified atom stereocenters. The van der Waals surface area contributed by atoms with E-state index in [1.54, 1.807) is 24.3 Å². The zero-order valence-electron chi connectivity index (χ0n) is 12.8. The fourth-order valence-corrected chi connectivity index (χ4v) is 2.30. The Morgan fingerprint density at radius 2 is 1.70 bits per heavy atom. The van der Waals surface area contributed by atoms with Gasteiger partial charge in [-0.05, 0) is 74.6 Å². The molecule has 0 aliphatic rings. The number of nitrogens with one attached hydrogen (secondary N) is 2. The number of carbonyl (C=O) groups is 1. The molecule has 4 nitrogen and oxygen atoms in total. The van der Waals surface area contributed by atoms with Gasteiger partial charge >= 0.3 is 0 Å². The summed E-state index contributed by atoms with van der Waals surface area (Å²) in [6.45, 7) is 3.94. The van der Waals surface area contributed by atoms with E-state index < -0.39 is 0 Å². The highest BCUT2D eigenvalue weighted by atomic mass is 79.9. The molecule has 2 rings (SSSR count). The first-order chi connectivity index (χ1) is 10.9.